The van der Waals surface area contributed by atoms with Crippen molar-refractivity contribution in [2.75, 3.05) is 6.61 Å². The van der Waals surface area contributed by atoms with E-state index in [2.05, 4.69) is 5.10 Å². The lowest BCUT2D eigenvalue weighted by molar-refractivity contribution is -0.139. The van der Waals surface area contributed by atoms with Gasteiger partial charge in [0.05, 0.1) is 5.71 Å². The van der Waals surface area contributed by atoms with Crippen molar-refractivity contribution in [3.8, 4) is 5.75 Å². The molecule has 0 aromatic heterocycles. The number of carboxylic acid groups (broad SMARTS) is 1. The molecule has 0 aliphatic carbocycles. The molecule has 15 heavy (non-hydrogen) atoms. The van der Waals surface area contributed by atoms with Crippen LogP contribution in [0.15, 0.2) is 29.4 Å². The second kappa shape index (κ2) is 4.99. The molecule has 0 saturated carbocycles. The fourth-order valence-electron chi connectivity index (χ4n) is 1.01. The molecule has 1 rings (SSSR count). The van der Waals surface area contributed by atoms with Gasteiger partial charge in [-0.05, 0) is 36.8 Å². The summed E-state index contributed by atoms with van der Waals surface area (Å²) < 4.78 is 4.97. The third-order valence-electron chi connectivity index (χ3n) is 1.83. The van der Waals surface area contributed by atoms with Crippen LogP contribution >= 0.6 is 0 Å². The molecule has 80 valence electrons. The van der Waals surface area contributed by atoms with Crippen molar-refractivity contribution in [1.82, 2.24) is 0 Å². The van der Waals surface area contributed by atoms with Crippen molar-refractivity contribution in [2.45, 2.75) is 6.92 Å². The van der Waals surface area contributed by atoms with E-state index in [1.54, 1.807) is 31.2 Å². The molecular weight excluding hydrogens is 196 g/mol. The van der Waals surface area contributed by atoms with Gasteiger partial charge in [-0.3, -0.25) is 0 Å². The number of aliphatic carboxylic acids is 1. The van der Waals surface area contributed by atoms with Crippen molar-refractivity contribution in [3.05, 3.63) is 29.8 Å². The molecule has 0 amide bonds. The zero-order valence-corrected chi connectivity index (χ0v) is 8.30. The number of rotatable bonds is 4. The number of nitrogens with zero attached hydrogens (tertiary/aromatic N) is 1. The van der Waals surface area contributed by atoms with E-state index in [4.69, 9.17) is 15.7 Å². The number of carbonyl (C=O) groups is 1. The molecule has 3 N–H and O–H groups in total. The maximum Gasteiger partial charge on any atom is 0.341 e. The second-order valence-electron chi connectivity index (χ2n) is 2.92. The third kappa shape index (κ3) is 3.30. The molecule has 1 aromatic rings. The van der Waals surface area contributed by atoms with E-state index in [0.29, 0.717) is 11.5 Å². The summed E-state index contributed by atoms with van der Waals surface area (Å²) in [4.78, 5) is 10.2. The van der Waals surface area contributed by atoms with Crippen LogP contribution in [-0.4, -0.2) is 23.4 Å². The Bertz CT molecular complexity index is 371. The Morgan fingerprint density at radius 1 is 1.47 bits per heavy atom. The summed E-state index contributed by atoms with van der Waals surface area (Å²) in [5.41, 5.74) is 1.58. The summed E-state index contributed by atoms with van der Waals surface area (Å²) in [5.74, 6) is 4.62. The van der Waals surface area contributed by atoms with E-state index < -0.39 is 5.97 Å². The Morgan fingerprint density at radius 2 is 2.07 bits per heavy atom. The Balaban J connectivity index is 2.68. The summed E-state index contributed by atoms with van der Waals surface area (Å²) in [6.07, 6.45) is 0. The second-order valence-corrected chi connectivity index (χ2v) is 2.92. The molecule has 0 radical (unpaired) electrons. The van der Waals surface area contributed by atoms with Gasteiger partial charge in [-0.2, -0.15) is 5.10 Å². The van der Waals surface area contributed by atoms with Crippen LogP contribution < -0.4 is 10.6 Å². The fraction of sp³-hybridized carbons (Fsp3) is 0.200. The third-order valence-corrected chi connectivity index (χ3v) is 1.83. The van der Waals surface area contributed by atoms with E-state index in [0.717, 1.165) is 5.56 Å². The van der Waals surface area contributed by atoms with Gasteiger partial charge in [-0.15, -0.1) is 0 Å². The first kappa shape index (κ1) is 11.0. The lowest BCUT2D eigenvalue weighted by Gasteiger charge is -2.04. The molecule has 0 spiro atoms. The average Bonchev–Trinajstić information content (AvgIpc) is 2.26. The number of hydrogen-bond acceptors (Lipinski definition) is 4. The molecule has 5 nitrogen and oxygen atoms in total. The van der Waals surface area contributed by atoms with Gasteiger partial charge in [-0.1, -0.05) is 0 Å². The van der Waals surface area contributed by atoms with Crippen LogP contribution in [-0.2, 0) is 4.79 Å². The molecule has 0 atom stereocenters. The summed E-state index contributed by atoms with van der Waals surface area (Å²) in [5, 5.41) is 11.9. The summed E-state index contributed by atoms with van der Waals surface area (Å²) in [6, 6.07) is 6.88. The number of hydrazone groups is 1. The molecule has 0 heterocycles. The van der Waals surface area contributed by atoms with Gasteiger partial charge in [0.25, 0.3) is 0 Å². The van der Waals surface area contributed by atoms with Crippen molar-refractivity contribution in [2.24, 2.45) is 10.9 Å². The lowest BCUT2D eigenvalue weighted by atomic mass is 10.1. The minimum atomic E-state index is -1.00. The van der Waals surface area contributed by atoms with Crippen LogP contribution in [0.3, 0.4) is 0 Å². The Hall–Kier alpha value is -2.04. The van der Waals surface area contributed by atoms with Crippen molar-refractivity contribution in [1.29, 1.82) is 0 Å². The van der Waals surface area contributed by atoms with Gasteiger partial charge in [0.1, 0.15) is 5.75 Å². The van der Waals surface area contributed by atoms with E-state index in [1.807, 2.05) is 0 Å². The van der Waals surface area contributed by atoms with Crippen LogP contribution in [0.4, 0.5) is 0 Å². The fourth-order valence-corrected chi connectivity index (χ4v) is 1.01. The Morgan fingerprint density at radius 3 is 2.53 bits per heavy atom. The zero-order chi connectivity index (χ0) is 11.3. The topological polar surface area (TPSA) is 84.9 Å². The minimum absolute atomic E-state index is 0.344. The normalized spacial score (nSPS) is 11.1. The first-order valence-electron chi connectivity index (χ1n) is 4.33. The molecule has 5 heteroatoms. The van der Waals surface area contributed by atoms with Gasteiger partial charge in [0.2, 0.25) is 0 Å². The molecule has 0 aliphatic rings. The van der Waals surface area contributed by atoms with Crippen LogP contribution in [0.2, 0.25) is 0 Å². The first-order valence-corrected chi connectivity index (χ1v) is 4.33. The molecule has 0 fully saturated rings. The molecule has 1 aromatic carbocycles. The molecule has 0 saturated heterocycles. The van der Waals surface area contributed by atoms with E-state index in [9.17, 15) is 4.79 Å². The first-order chi connectivity index (χ1) is 7.13. The van der Waals surface area contributed by atoms with Crippen LogP contribution in [0.5, 0.6) is 5.75 Å². The van der Waals surface area contributed by atoms with Crippen LogP contribution in [0, 0.1) is 0 Å². The zero-order valence-electron chi connectivity index (χ0n) is 8.30. The quantitative estimate of drug-likeness (QED) is 0.436. The van der Waals surface area contributed by atoms with Crippen LogP contribution in [0.1, 0.15) is 12.5 Å². The van der Waals surface area contributed by atoms with Gasteiger partial charge in [0.15, 0.2) is 6.61 Å². The highest BCUT2D eigenvalue weighted by Crippen LogP contribution is 2.12. The van der Waals surface area contributed by atoms with Gasteiger partial charge >= 0.3 is 5.97 Å². The highest BCUT2D eigenvalue weighted by Gasteiger charge is 2.00. The van der Waals surface area contributed by atoms with E-state index in [-0.39, 0.29) is 6.61 Å². The van der Waals surface area contributed by atoms with E-state index in [1.165, 1.54) is 0 Å². The maximum absolute atomic E-state index is 10.2. The monoisotopic (exact) mass is 208 g/mol. The molecule has 0 unspecified atom stereocenters. The summed E-state index contributed by atoms with van der Waals surface area (Å²) in [6.45, 7) is 1.44. The summed E-state index contributed by atoms with van der Waals surface area (Å²) in [7, 11) is 0. The summed E-state index contributed by atoms with van der Waals surface area (Å²) >= 11 is 0. The number of ether oxygens (including phenoxy) is 1. The molecule has 0 bridgehead atoms. The maximum atomic E-state index is 10.2. The van der Waals surface area contributed by atoms with Crippen molar-refractivity contribution in [3.63, 3.8) is 0 Å². The predicted molar refractivity (Wildman–Crippen MR) is 56.0 cm³/mol. The predicted octanol–water partition coefficient (Wildman–Crippen LogP) is 0.833. The SMILES string of the molecule is CC(=NN)c1ccc(OCC(=O)O)cc1. The molecule has 0 aliphatic heterocycles. The minimum Gasteiger partial charge on any atom is -0.482 e. The molecular formula is C10H12N2O3. The number of hydrogen-bond donors (Lipinski definition) is 2. The van der Waals surface area contributed by atoms with Crippen molar-refractivity contribution >= 4 is 11.7 Å². The Labute approximate surface area is 87.2 Å². The van der Waals surface area contributed by atoms with Gasteiger partial charge in [0, 0.05) is 0 Å². The largest absolute Gasteiger partial charge is 0.482 e. The van der Waals surface area contributed by atoms with Crippen LogP contribution in [0.25, 0.3) is 0 Å². The highest BCUT2D eigenvalue weighted by atomic mass is 16.5. The number of carboxylic acids is 1. The number of benzene rings is 1. The standard InChI is InChI=1S/C10H12N2O3/c1-7(12-11)8-2-4-9(5-3-8)15-6-10(13)14/h2-5H,6,11H2,1H3,(H,13,14). The Kier molecular flexibility index (Phi) is 3.68. The van der Waals surface area contributed by atoms with Gasteiger partial charge in [-0.25, -0.2) is 4.79 Å². The average molecular weight is 208 g/mol. The number of nitrogens with two attached hydrogens (primary N) is 1. The van der Waals surface area contributed by atoms with E-state index >= 15 is 0 Å². The smallest absolute Gasteiger partial charge is 0.341 e. The highest BCUT2D eigenvalue weighted by molar-refractivity contribution is 5.98. The van der Waals surface area contributed by atoms with Gasteiger partial charge < -0.3 is 15.7 Å². The van der Waals surface area contributed by atoms with Crippen molar-refractivity contribution < 1.29 is 14.6 Å². The lowest BCUT2D eigenvalue weighted by Crippen LogP contribution is -2.09.